The molecule has 2 nitrogen and oxygen atoms in total. The highest BCUT2D eigenvalue weighted by atomic mass is 16.5. The van der Waals surface area contributed by atoms with Crippen molar-refractivity contribution in [1.29, 1.82) is 0 Å². The molecule has 1 aliphatic heterocycles. The van der Waals surface area contributed by atoms with Gasteiger partial charge in [-0.1, -0.05) is 13.3 Å². The Kier molecular flexibility index (Phi) is 3.53. The lowest BCUT2D eigenvalue weighted by Gasteiger charge is -2.28. The monoisotopic (exact) mass is 171 g/mol. The molecule has 0 spiro atoms. The quantitative estimate of drug-likeness (QED) is 0.698. The van der Waals surface area contributed by atoms with Gasteiger partial charge >= 0.3 is 0 Å². The molecule has 1 aliphatic rings. The lowest BCUT2D eigenvalue weighted by atomic mass is 9.99. The van der Waals surface area contributed by atoms with E-state index in [9.17, 15) is 0 Å². The van der Waals surface area contributed by atoms with Crippen LogP contribution in [-0.2, 0) is 4.74 Å². The van der Waals surface area contributed by atoms with Gasteiger partial charge in [0.2, 0.25) is 0 Å². The van der Waals surface area contributed by atoms with Gasteiger partial charge in [-0.2, -0.15) is 0 Å². The van der Waals surface area contributed by atoms with Crippen LogP contribution < -0.4 is 5.32 Å². The van der Waals surface area contributed by atoms with Gasteiger partial charge < -0.3 is 10.1 Å². The van der Waals surface area contributed by atoms with E-state index in [1.807, 2.05) is 0 Å². The van der Waals surface area contributed by atoms with Gasteiger partial charge in [-0.25, -0.2) is 0 Å². The third kappa shape index (κ3) is 2.76. The second-order valence-corrected chi connectivity index (χ2v) is 4.20. The van der Waals surface area contributed by atoms with Crippen molar-refractivity contribution in [2.75, 3.05) is 13.2 Å². The van der Waals surface area contributed by atoms with Crippen LogP contribution in [-0.4, -0.2) is 24.8 Å². The maximum absolute atomic E-state index is 5.38. The first-order chi connectivity index (χ1) is 5.66. The van der Waals surface area contributed by atoms with Gasteiger partial charge in [0.15, 0.2) is 0 Å². The highest BCUT2D eigenvalue weighted by Crippen LogP contribution is 2.18. The lowest BCUT2D eigenvalue weighted by Crippen LogP contribution is -2.47. The third-order valence-corrected chi connectivity index (χ3v) is 2.54. The molecule has 0 aromatic heterocycles. The van der Waals surface area contributed by atoms with E-state index in [2.05, 4.69) is 26.1 Å². The summed E-state index contributed by atoms with van der Waals surface area (Å²) in [4.78, 5) is 0. The highest BCUT2D eigenvalue weighted by Gasteiger charge is 2.30. The fraction of sp³-hybridized carbons (Fsp3) is 1.00. The Labute approximate surface area is 75.7 Å². The largest absolute Gasteiger partial charge is 0.379 e. The highest BCUT2D eigenvalue weighted by molar-refractivity contribution is 4.88. The predicted octanol–water partition coefficient (Wildman–Crippen LogP) is 1.94. The Hall–Kier alpha value is -0.0800. The summed E-state index contributed by atoms with van der Waals surface area (Å²) in [6.45, 7) is 8.54. The molecular formula is C10H21NO. The van der Waals surface area contributed by atoms with Crippen molar-refractivity contribution in [3.05, 3.63) is 0 Å². The molecule has 1 saturated heterocycles. The Morgan fingerprint density at radius 1 is 1.58 bits per heavy atom. The average molecular weight is 171 g/mol. The molecule has 12 heavy (non-hydrogen) atoms. The molecule has 72 valence electrons. The second-order valence-electron chi connectivity index (χ2n) is 4.20. The van der Waals surface area contributed by atoms with Gasteiger partial charge in [0.1, 0.15) is 0 Å². The van der Waals surface area contributed by atoms with Crippen LogP contribution in [0.15, 0.2) is 0 Å². The molecule has 2 unspecified atom stereocenters. The zero-order valence-corrected chi connectivity index (χ0v) is 8.52. The number of hydrogen-bond acceptors (Lipinski definition) is 2. The van der Waals surface area contributed by atoms with Crippen LogP contribution >= 0.6 is 0 Å². The maximum atomic E-state index is 5.38. The van der Waals surface area contributed by atoms with Crippen molar-refractivity contribution in [2.45, 2.75) is 51.6 Å². The SMILES string of the molecule is CCCC(C)NC1(C)CCOC1. The van der Waals surface area contributed by atoms with Gasteiger partial charge in [0.05, 0.1) is 6.61 Å². The summed E-state index contributed by atoms with van der Waals surface area (Å²) in [5, 5.41) is 3.63. The average Bonchev–Trinajstić information content (AvgIpc) is 2.36. The van der Waals surface area contributed by atoms with E-state index in [4.69, 9.17) is 4.74 Å². The van der Waals surface area contributed by atoms with Gasteiger partial charge in [-0.3, -0.25) is 0 Å². The summed E-state index contributed by atoms with van der Waals surface area (Å²) >= 11 is 0. The van der Waals surface area contributed by atoms with Gasteiger partial charge in [-0.05, 0) is 26.7 Å². The van der Waals surface area contributed by atoms with Gasteiger partial charge in [0, 0.05) is 18.2 Å². The van der Waals surface area contributed by atoms with Crippen molar-refractivity contribution in [2.24, 2.45) is 0 Å². The molecule has 0 radical (unpaired) electrons. The van der Waals surface area contributed by atoms with Crippen molar-refractivity contribution in [1.82, 2.24) is 5.32 Å². The lowest BCUT2D eigenvalue weighted by molar-refractivity contribution is 0.167. The van der Waals surface area contributed by atoms with Crippen LogP contribution in [0.1, 0.15) is 40.0 Å². The first-order valence-electron chi connectivity index (χ1n) is 5.02. The first kappa shape index (κ1) is 10.0. The second kappa shape index (κ2) is 4.24. The number of rotatable bonds is 4. The molecule has 1 N–H and O–H groups in total. The molecule has 0 bridgehead atoms. The topological polar surface area (TPSA) is 21.3 Å². The smallest absolute Gasteiger partial charge is 0.0646 e. The normalized spacial score (nSPS) is 32.2. The van der Waals surface area contributed by atoms with E-state index < -0.39 is 0 Å². The minimum absolute atomic E-state index is 0.245. The molecular weight excluding hydrogens is 150 g/mol. The molecule has 0 aromatic carbocycles. The van der Waals surface area contributed by atoms with E-state index in [0.717, 1.165) is 19.6 Å². The van der Waals surface area contributed by atoms with E-state index >= 15 is 0 Å². The maximum Gasteiger partial charge on any atom is 0.0646 e. The van der Waals surface area contributed by atoms with E-state index in [-0.39, 0.29) is 5.54 Å². The fourth-order valence-electron chi connectivity index (χ4n) is 1.88. The molecule has 1 fully saturated rings. The minimum Gasteiger partial charge on any atom is -0.379 e. The van der Waals surface area contributed by atoms with Gasteiger partial charge in [0.25, 0.3) is 0 Å². The Morgan fingerprint density at radius 3 is 2.83 bits per heavy atom. The van der Waals surface area contributed by atoms with E-state index in [0.29, 0.717) is 6.04 Å². The summed E-state index contributed by atoms with van der Waals surface area (Å²) in [5.74, 6) is 0. The van der Waals surface area contributed by atoms with Crippen LogP contribution in [0, 0.1) is 0 Å². The first-order valence-corrected chi connectivity index (χ1v) is 5.02. The van der Waals surface area contributed by atoms with Crippen LogP contribution in [0.2, 0.25) is 0 Å². The molecule has 1 rings (SSSR count). The number of ether oxygens (including phenoxy) is 1. The Bertz CT molecular complexity index is 130. The standard InChI is InChI=1S/C10H21NO/c1-4-5-9(2)11-10(3)6-7-12-8-10/h9,11H,4-8H2,1-3H3. The summed E-state index contributed by atoms with van der Waals surface area (Å²) in [5.41, 5.74) is 0.245. The van der Waals surface area contributed by atoms with Crippen LogP contribution in [0.3, 0.4) is 0 Å². The zero-order chi connectivity index (χ0) is 9.03. The van der Waals surface area contributed by atoms with E-state index in [1.165, 1.54) is 12.8 Å². The molecule has 2 atom stereocenters. The van der Waals surface area contributed by atoms with Crippen LogP contribution in [0.4, 0.5) is 0 Å². The van der Waals surface area contributed by atoms with Crippen LogP contribution in [0.5, 0.6) is 0 Å². The zero-order valence-electron chi connectivity index (χ0n) is 8.52. The van der Waals surface area contributed by atoms with Crippen molar-refractivity contribution >= 4 is 0 Å². The minimum atomic E-state index is 0.245. The Morgan fingerprint density at radius 2 is 2.33 bits per heavy atom. The summed E-state index contributed by atoms with van der Waals surface area (Å²) in [7, 11) is 0. The van der Waals surface area contributed by atoms with Crippen molar-refractivity contribution in [3.63, 3.8) is 0 Å². The molecule has 0 aliphatic carbocycles. The number of nitrogens with one attached hydrogen (secondary N) is 1. The summed E-state index contributed by atoms with van der Waals surface area (Å²) < 4.78 is 5.38. The van der Waals surface area contributed by atoms with Crippen LogP contribution in [0.25, 0.3) is 0 Å². The summed E-state index contributed by atoms with van der Waals surface area (Å²) in [6, 6.07) is 0.627. The fourth-order valence-corrected chi connectivity index (χ4v) is 1.88. The van der Waals surface area contributed by atoms with Crippen molar-refractivity contribution < 1.29 is 4.74 Å². The summed E-state index contributed by atoms with van der Waals surface area (Å²) in [6.07, 6.45) is 3.67. The molecule has 0 saturated carbocycles. The number of hydrogen-bond donors (Lipinski definition) is 1. The Balaban J connectivity index is 2.28. The van der Waals surface area contributed by atoms with Crippen molar-refractivity contribution in [3.8, 4) is 0 Å². The molecule has 1 heterocycles. The van der Waals surface area contributed by atoms with Gasteiger partial charge in [-0.15, -0.1) is 0 Å². The molecule has 2 heteroatoms. The molecule has 0 amide bonds. The molecule has 0 aromatic rings. The third-order valence-electron chi connectivity index (χ3n) is 2.54. The van der Waals surface area contributed by atoms with E-state index in [1.54, 1.807) is 0 Å². The predicted molar refractivity (Wildman–Crippen MR) is 51.3 cm³/mol.